The molecule has 2 aromatic heterocycles. The predicted molar refractivity (Wildman–Crippen MR) is 101 cm³/mol. The van der Waals surface area contributed by atoms with Gasteiger partial charge in [0.25, 0.3) is 5.89 Å². The Bertz CT molecular complexity index is 845. The van der Waals surface area contributed by atoms with Crippen LogP contribution in [0.5, 0.6) is 5.75 Å². The van der Waals surface area contributed by atoms with Crippen LogP contribution >= 0.6 is 0 Å². The standard InChI is InChI=1S/C20H22N4O3/c1-24(16-9-11-25-12-10-16)19-8-7-15(13-21-19)20-22-18(23-27-20)14-26-17-5-3-2-4-6-17/h2-8,13,16H,9-12,14H2,1H3. The van der Waals surface area contributed by atoms with Crippen molar-refractivity contribution in [2.24, 2.45) is 0 Å². The number of para-hydroxylation sites is 1. The molecule has 1 fully saturated rings. The number of nitrogens with zero attached hydrogens (tertiary/aromatic N) is 4. The highest BCUT2D eigenvalue weighted by Crippen LogP contribution is 2.23. The Balaban J connectivity index is 1.39. The lowest BCUT2D eigenvalue weighted by molar-refractivity contribution is 0.0853. The highest BCUT2D eigenvalue weighted by atomic mass is 16.5. The average molecular weight is 366 g/mol. The zero-order valence-electron chi connectivity index (χ0n) is 15.2. The monoisotopic (exact) mass is 366 g/mol. The van der Waals surface area contributed by atoms with Crippen LogP contribution in [0, 0.1) is 0 Å². The maximum absolute atomic E-state index is 5.64. The molecular formula is C20H22N4O3. The van der Waals surface area contributed by atoms with E-state index in [4.69, 9.17) is 14.0 Å². The van der Waals surface area contributed by atoms with Crippen molar-refractivity contribution in [3.8, 4) is 17.2 Å². The highest BCUT2D eigenvalue weighted by Gasteiger charge is 2.20. The summed E-state index contributed by atoms with van der Waals surface area (Å²) in [6.45, 7) is 1.87. The maximum Gasteiger partial charge on any atom is 0.259 e. The topological polar surface area (TPSA) is 73.5 Å². The van der Waals surface area contributed by atoms with Crippen molar-refractivity contribution in [1.29, 1.82) is 0 Å². The average Bonchev–Trinajstić information content (AvgIpc) is 3.22. The van der Waals surface area contributed by atoms with E-state index >= 15 is 0 Å². The van der Waals surface area contributed by atoms with Gasteiger partial charge in [-0.1, -0.05) is 23.4 Å². The van der Waals surface area contributed by atoms with E-state index in [0.29, 0.717) is 17.8 Å². The van der Waals surface area contributed by atoms with Gasteiger partial charge in [-0.25, -0.2) is 4.98 Å². The van der Waals surface area contributed by atoms with Gasteiger partial charge in [-0.2, -0.15) is 4.98 Å². The third-order valence-corrected chi connectivity index (χ3v) is 4.67. The van der Waals surface area contributed by atoms with Gasteiger partial charge in [0.2, 0.25) is 5.82 Å². The first-order valence-corrected chi connectivity index (χ1v) is 9.07. The number of anilines is 1. The minimum atomic E-state index is 0.255. The summed E-state index contributed by atoms with van der Waals surface area (Å²) in [6.07, 6.45) is 3.81. The van der Waals surface area contributed by atoms with Crippen LogP contribution in [-0.4, -0.2) is 41.4 Å². The van der Waals surface area contributed by atoms with Gasteiger partial charge >= 0.3 is 0 Å². The van der Waals surface area contributed by atoms with Crippen LogP contribution in [0.4, 0.5) is 5.82 Å². The van der Waals surface area contributed by atoms with E-state index in [9.17, 15) is 0 Å². The quantitative estimate of drug-likeness (QED) is 0.662. The summed E-state index contributed by atoms with van der Waals surface area (Å²) < 4.78 is 16.4. The second-order valence-electron chi connectivity index (χ2n) is 6.48. The second-order valence-corrected chi connectivity index (χ2v) is 6.48. The number of aromatic nitrogens is 3. The molecule has 0 spiro atoms. The number of rotatable bonds is 6. The van der Waals surface area contributed by atoms with E-state index in [1.54, 1.807) is 6.20 Å². The van der Waals surface area contributed by atoms with Crippen LogP contribution in [0.2, 0.25) is 0 Å². The second kappa shape index (κ2) is 8.18. The van der Waals surface area contributed by atoms with Crippen LogP contribution in [0.1, 0.15) is 18.7 Å². The molecule has 0 N–H and O–H groups in total. The molecule has 1 aliphatic rings. The first-order chi connectivity index (χ1) is 13.3. The smallest absolute Gasteiger partial charge is 0.259 e. The maximum atomic E-state index is 5.64. The summed E-state index contributed by atoms with van der Waals surface area (Å²) in [5.74, 6) is 2.63. The normalized spacial score (nSPS) is 14.9. The van der Waals surface area contributed by atoms with Gasteiger partial charge in [-0.05, 0) is 37.1 Å². The molecule has 7 heteroatoms. The lowest BCUT2D eigenvalue weighted by Gasteiger charge is -2.32. The molecule has 0 unspecified atom stereocenters. The van der Waals surface area contributed by atoms with E-state index in [-0.39, 0.29) is 6.61 Å². The number of ether oxygens (including phenoxy) is 2. The summed E-state index contributed by atoms with van der Waals surface area (Å²) in [4.78, 5) is 11.2. The Morgan fingerprint density at radius 2 is 1.93 bits per heavy atom. The van der Waals surface area contributed by atoms with Crippen LogP contribution in [0.15, 0.2) is 53.2 Å². The van der Waals surface area contributed by atoms with Gasteiger partial charge in [0.15, 0.2) is 6.61 Å². The zero-order valence-corrected chi connectivity index (χ0v) is 15.2. The molecule has 0 aliphatic carbocycles. The van der Waals surface area contributed by atoms with Crippen LogP contribution in [0.25, 0.3) is 11.5 Å². The fourth-order valence-corrected chi connectivity index (χ4v) is 3.08. The summed E-state index contributed by atoms with van der Waals surface area (Å²) >= 11 is 0. The van der Waals surface area contributed by atoms with E-state index < -0.39 is 0 Å². The Labute approximate surface area is 157 Å². The van der Waals surface area contributed by atoms with Gasteiger partial charge in [0.1, 0.15) is 11.6 Å². The molecule has 0 amide bonds. The van der Waals surface area contributed by atoms with Crippen molar-refractivity contribution in [3.63, 3.8) is 0 Å². The lowest BCUT2D eigenvalue weighted by atomic mass is 10.1. The third kappa shape index (κ3) is 4.25. The molecule has 0 bridgehead atoms. The first-order valence-electron chi connectivity index (χ1n) is 9.07. The fourth-order valence-electron chi connectivity index (χ4n) is 3.08. The predicted octanol–water partition coefficient (Wildman–Crippen LogP) is 3.33. The van der Waals surface area contributed by atoms with Crippen molar-refractivity contribution >= 4 is 5.82 Å². The van der Waals surface area contributed by atoms with Gasteiger partial charge < -0.3 is 18.9 Å². The van der Waals surface area contributed by atoms with E-state index in [2.05, 4.69) is 27.1 Å². The third-order valence-electron chi connectivity index (χ3n) is 4.67. The molecule has 0 saturated carbocycles. The zero-order chi connectivity index (χ0) is 18.5. The molecule has 3 heterocycles. The van der Waals surface area contributed by atoms with Crippen LogP contribution in [0.3, 0.4) is 0 Å². The van der Waals surface area contributed by atoms with Gasteiger partial charge in [-0.15, -0.1) is 0 Å². The van der Waals surface area contributed by atoms with E-state index in [0.717, 1.165) is 43.2 Å². The van der Waals surface area contributed by atoms with Crippen molar-refractivity contribution in [3.05, 3.63) is 54.5 Å². The number of hydrogen-bond acceptors (Lipinski definition) is 7. The molecule has 27 heavy (non-hydrogen) atoms. The summed E-state index contributed by atoms with van der Waals surface area (Å²) in [5.41, 5.74) is 0.789. The molecule has 1 aromatic carbocycles. The summed E-state index contributed by atoms with van der Waals surface area (Å²) in [5, 5.41) is 3.98. The molecular weight excluding hydrogens is 344 g/mol. The summed E-state index contributed by atoms with van der Waals surface area (Å²) in [6, 6.07) is 13.9. The molecule has 0 radical (unpaired) electrons. The molecule has 3 aromatic rings. The van der Waals surface area contributed by atoms with Crippen molar-refractivity contribution in [1.82, 2.24) is 15.1 Å². The highest BCUT2D eigenvalue weighted by molar-refractivity contribution is 5.54. The first kappa shape index (κ1) is 17.5. The van der Waals surface area contributed by atoms with Crippen molar-refractivity contribution in [2.45, 2.75) is 25.5 Å². The van der Waals surface area contributed by atoms with Gasteiger partial charge in [0.05, 0.1) is 5.56 Å². The van der Waals surface area contributed by atoms with Crippen LogP contribution < -0.4 is 9.64 Å². The van der Waals surface area contributed by atoms with Gasteiger partial charge in [-0.3, -0.25) is 0 Å². The Morgan fingerprint density at radius 1 is 1.11 bits per heavy atom. The number of benzene rings is 1. The molecule has 1 aliphatic heterocycles. The molecule has 4 rings (SSSR count). The van der Waals surface area contributed by atoms with Gasteiger partial charge in [0, 0.05) is 32.5 Å². The molecule has 140 valence electrons. The molecule has 7 nitrogen and oxygen atoms in total. The SMILES string of the molecule is CN(c1ccc(-c2nc(COc3ccccc3)no2)cn1)C1CCOCC1. The number of pyridine rings is 1. The minimum Gasteiger partial charge on any atom is -0.485 e. The van der Waals surface area contributed by atoms with Crippen molar-refractivity contribution in [2.75, 3.05) is 25.2 Å². The lowest BCUT2D eigenvalue weighted by Crippen LogP contribution is -2.37. The Hall–Kier alpha value is -2.93. The molecule has 0 atom stereocenters. The summed E-state index contributed by atoms with van der Waals surface area (Å²) in [7, 11) is 2.07. The Kier molecular flexibility index (Phi) is 5.29. The van der Waals surface area contributed by atoms with E-state index in [1.165, 1.54) is 0 Å². The largest absolute Gasteiger partial charge is 0.485 e. The van der Waals surface area contributed by atoms with Crippen LogP contribution in [-0.2, 0) is 11.3 Å². The Morgan fingerprint density at radius 3 is 2.67 bits per heavy atom. The molecule has 1 saturated heterocycles. The van der Waals surface area contributed by atoms with E-state index in [1.807, 2.05) is 42.5 Å². The fraction of sp³-hybridized carbons (Fsp3) is 0.350. The van der Waals surface area contributed by atoms with Crippen molar-refractivity contribution < 1.29 is 14.0 Å². The minimum absolute atomic E-state index is 0.255. The number of hydrogen-bond donors (Lipinski definition) is 0.